The Balaban J connectivity index is 1.49. The number of pyridine rings is 1. The molecule has 2 fully saturated rings. The Bertz CT molecular complexity index is 2160. The van der Waals surface area contributed by atoms with Crippen LogP contribution in [0, 0.1) is 6.92 Å². The van der Waals surface area contributed by atoms with Gasteiger partial charge in [0, 0.05) is 17.3 Å². The number of fused-ring (bicyclic) bond motifs is 1. The number of ether oxygens (including phenoxy) is 2. The summed E-state index contributed by atoms with van der Waals surface area (Å²) < 4.78 is 136. The molecule has 6 rings (SSSR count). The summed E-state index contributed by atoms with van der Waals surface area (Å²) in [6.45, 7) is 7.29. The Labute approximate surface area is 308 Å². The molecule has 16 heteroatoms. The summed E-state index contributed by atoms with van der Waals surface area (Å²) in [5, 5.41) is 9.91. The van der Waals surface area contributed by atoms with Gasteiger partial charge in [-0.1, -0.05) is 32.9 Å². The van der Waals surface area contributed by atoms with Crippen LogP contribution in [0.5, 0.6) is 5.88 Å². The van der Waals surface area contributed by atoms with Crippen molar-refractivity contribution in [2.75, 3.05) is 7.11 Å². The van der Waals surface area contributed by atoms with Gasteiger partial charge in [0.1, 0.15) is 6.10 Å². The molecule has 292 valence electrons. The summed E-state index contributed by atoms with van der Waals surface area (Å²) in [5.41, 5.74) is -2.88. The fourth-order valence-corrected chi connectivity index (χ4v) is 7.77. The van der Waals surface area contributed by atoms with Crippen LogP contribution in [0.15, 0.2) is 60.8 Å². The maximum atomic E-state index is 14.2. The Morgan fingerprint density at radius 3 is 1.96 bits per heavy atom. The third-order valence-electron chi connectivity index (χ3n) is 9.98. The highest BCUT2D eigenvalue weighted by atomic mass is 19.4. The lowest BCUT2D eigenvalue weighted by Gasteiger charge is -2.27. The van der Waals surface area contributed by atoms with E-state index in [9.17, 15) is 54.2 Å². The minimum Gasteiger partial charge on any atom is -0.481 e. The molecule has 1 amide bonds. The first-order valence-electron chi connectivity index (χ1n) is 16.8. The number of carbonyl (C=O) groups excluding carboxylic acids is 1. The Morgan fingerprint density at radius 1 is 0.818 bits per heavy atom. The summed E-state index contributed by atoms with van der Waals surface area (Å²) in [6, 6.07) is 6.10. The van der Waals surface area contributed by atoms with Gasteiger partial charge in [-0.15, -0.1) is 0 Å². The van der Waals surface area contributed by atoms with Crippen LogP contribution in [0.4, 0.5) is 44.3 Å². The van der Waals surface area contributed by atoms with Crippen molar-refractivity contribution in [3.05, 3.63) is 105 Å². The summed E-state index contributed by atoms with van der Waals surface area (Å²) in [7, 11) is 1.29. The molecule has 0 saturated carbocycles. The van der Waals surface area contributed by atoms with E-state index in [0.29, 0.717) is 34.4 Å². The Hall–Kier alpha value is -5.28. The maximum Gasteiger partial charge on any atom is 0.416 e. The second-order valence-corrected chi connectivity index (χ2v) is 14.5. The molecule has 55 heavy (non-hydrogen) atoms. The maximum absolute atomic E-state index is 14.2. The molecule has 1 aromatic heterocycles. The van der Waals surface area contributed by atoms with Crippen molar-refractivity contribution in [3.63, 3.8) is 0 Å². The monoisotopic (exact) mass is 780 g/mol. The highest BCUT2D eigenvalue weighted by Gasteiger charge is 2.52. The Morgan fingerprint density at radius 2 is 1.42 bits per heavy atom. The molecule has 0 bridgehead atoms. The second kappa shape index (κ2) is 13.5. The molecule has 2 aliphatic heterocycles. The SMILES string of the molecule is COc1ncc(-c2ccc(C(=O)O)c(C(C)(C)C)c2C)cc1-c1ccc(C(F)(F)F)cc1[C@@H]1CC[C@H]2[C@@H](c3cc(C(F)(F)F)cc(C(F)(F)F)c3)OC(=O)N12. The average molecular weight is 781 g/mol. The first-order chi connectivity index (χ1) is 25.4. The smallest absolute Gasteiger partial charge is 0.416 e. The van der Waals surface area contributed by atoms with E-state index in [1.807, 2.05) is 20.8 Å². The van der Waals surface area contributed by atoms with Crippen molar-refractivity contribution in [1.29, 1.82) is 0 Å². The van der Waals surface area contributed by atoms with E-state index in [1.165, 1.54) is 25.4 Å². The van der Waals surface area contributed by atoms with E-state index in [4.69, 9.17) is 9.47 Å². The molecular weight excluding hydrogens is 747 g/mol. The van der Waals surface area contributed by atoms with Crippen LogP contribution in [0.25, 0.3) is 22.3 Å². The van der Waals surface area contributed by atoms with E-state index >= 15 is 0 Å². The van der Waals surface area contributed by atoms with E-state index in [0.717, 1.165) is 17.0 Å². The van der Waals surface area contributed by atoms with E-state index in [1.54, 1.807) is 19.1 Å². The minimum atomic E-state index is -5.17. The number of carbonyl (C=O) groups is 2. The zero-order valence-corrected chi connectivity index (χ0v) is 29.8. The van der Waals surface area contributed by atoms with Crippen LogP contribution in [-0.4, -0.2) is 40.2 Å². The number of carboxylic acids is 1. The number of amides is 1. The van der Waals surface area contributed by atoms with Crippen molar-refractivity contribution >= 4 is 12.1 Å². The predicted molar refractivity (Wildman–Crippen MR) is 180 cm³/mol. The van der Waals surface area contributed by atoms with Gasteiger partial charge in [-0.05, 0) is 101 Å². The van der Waals surface area contributed by atoms with Crippen molar-refractivity contribution < 1.29 is 63.7 Å². The number of aromatic nitrogens is 1. The van der Waals surface area contributed by atoms with E-state index < -0.39 is 76.4 Å². The molecular formula is C39H33F9N2O5. The van der Waals surface area contributed by atoms with Crippen molar-refractivity contribution in [2.45, 2.75) is 82.7 Å². The summed E-state index contributed by atoms with van der Waals surface area (Å²) in [5.74, 6) is -1.14. The summed E-state index contributed by atoms with van der Waals surface area (Å²) in [6.07, 6.45) is -16.5. The zero-order chi connectivity index (χ0) is 40.6. The number of hydrogen-bond acceptors (Lipinski definition) is 5. The molecule has 2 aliphatic rings. The largest absolute Gasteiger partial charge is 0.481 e. The molecule has 4 aromatic rings. The first-order valence-corrected chi connectivity index (χ1v) is 16.8. The van der Waals surface area contributed by atoms with Gasteiger partial charge in [-0.3, -0.25) is 4.90 Å². The number of benzene rings is 3. The topological polar surface area (TPSA) is 89.0 Å². The number of hydrogen-bond donors (Lipinski definition) is 1. The number of alkyl halides is 9. The molecule has 2 saturated heterocycles. The van der Waals surface area contributed by atoms with Gasteiger partial charge in [-0.2, -0.15) is 39.5 Å². The van der Waals surface area contributed by atoms with Gasteiger partial charge < -0.3 is 14.6 Å². The lowest BCUT2D eigenvalue weighted by Crippen LogP contribution is -2.31. The number of aromatic carboxylic acids is 1. The zero-order valence-electron chi connectivity index (χ0n) is 29.8. The average Bonchev–Trinajstić information content (AvgIpc) is 3.66. The van der Waals surface area contributed by atoms with Crippen LogP contribution in [0.2, 0.25) is 0 Å². The minimum absolute atomic E-state index is 0.0133. The second-order valence-electron chi connectivity index (χ2n) is 14.5. The van der Waals surface area contributed by atoms with Gasteiger partial charge in [0.25, 0.3) is 0 Å². The first kappa shape index (κ1) is 39.4. The molecule has 7 nitrogen and oxygen atoms in total. The van der Waals surface area contributed by atoms with Crippen molar-refractivity contribution in [1.82, 2.24) is 9.88 Å². The fraction of sp³-hybridized carbons (Fsp3) is 0.359. The number of rotatable bonds is 6. The fourth-order valence-electron chi connectivity index (χ4n) is 7.77. The molecule has 0 aliphatic carbocycles. The standard InChI is InChI=1S/C39H33F9N2O5/c1-18-24(8-9-26(34(51)52)31(18)36(2,3)4)20-14-28(33(54-5)49-17-20)25-7-6-21(37(40,41)42)16-27(25)29-10-11-30-32(55-35(53)50(29)30)19-12-22(38(43,44)45)15-23(13-19)39(46,47)48/h6-9,12-17,29-30,32H,10-11H2,1-5H3,(H,51,52)/t29-,30-,32+/m0/s1. The Kier molecular flexibility index (Phi) is 9.66. The van der Waals surface area contributed by atoms with Gasteiger partial charge in [0.15, 0.2) is 0 Å². The number of nitrogens with zero attached hydrogens (tertiary/aromatic N) is 2. The van der Waals surface area contributed by atoms with Crippen molar-refractivity contribution in [2.24, 2.45) is 0 Å². The van der Waals surface area contributed by atoms with E-state index in [2.05, 4.69) is 4.98 Å². The van der Waals surface area contributed by atoms with Crippen LogP contribution in [0.3, 0.4) is 0 Å². The quantitative estimate of drug-likeness (QED) is 0.196. The molecule has 3 atom stereocenters. The number of methoxy groups -OCH3 is 1. The molecule has 0 radical (unpaired) electrons. The number of cyclic esters (lactones) is 1. The number of halogens is 9. The van der Waals surface area contributed by atoms with Crippen LogP contribution >= 0.6 is 0 Å². The third-order valence-corrected chi connectivity index (χ3v) is 9.98. The molecule has 0 unspecified atom stereocenters. The normalized spacial score (nSPS) is 19.1. The summed E-state index contributed by atoms with van der Waals surface area (Å²) >= 11 is 0. The van der Waals surface area contributed by atoms with Gasteiger partial charge in [-0.25, -0.2) is 14.6 Å². The van der Waals surface area contributed by atoms with Crippen molar-refractivity contribution in [3.8, 4) is 28.1 Å². The van der Waals surface area contributed by atoms with Crippen LogP contribution < -0.4 is 4.74 Å². The van der Waals surface area contributed by atoms with Gasteiger partial charge >= 0.3 is 30.6 Å². The molecule has 1 N–H and O–H groups in total. The third kappa shape index (κ3) is 7.30. The summed E-state index contributed by atoms with van der Waals surface area (Å²) in [4.78, 5) is 31.1. The lowest BCUT2D eigenvalue weighted by atomic mass is 9.78. The van der Waals surface area contributed by atoms with Gasteiger partial charge in [0.2, 0.25) is 5.88 Å². The van der Waals surface area contributed by atoms with E-state index in [-0.39, 0.29) is 47.0 Å². The van der Waals surface area contributed by atoms with Crippen LogP contribution in [-0.2, 0) is 28.7 Å². The molecule has 0 spiro atoms. The highest BCUT2D eigenvalue weighted by Crippen LogP contribution is 2.52. The molecule has 3 heterocycles. The molecule has 3 aromatic carbocycles. The number of carboxylic acid groups (broad SMARTS) is 1. The van der Waals surface area contributed by atoms with Gasteiger partial charge in [0.05, 0.1) is 41.4 Å². The lowest BCUT2D eigenvalue weighted by molar-refractivity contribution is -0.143. The predicted octanol–water partition coefficient (Wildman–Crippen LogP) is 11.2. The van der Waals surface area contributed by atoms with Crippen LogP contribution in [0.1, 0.15) is 95.1 Å². The highest BCUT2D eigenvalue weighted by molar-refractivity contribution is 5.92.